The van der Waals surface area contributed by atoms with Crippen molar-refractivity contribution in [2.75, 3.05) is 40.7 Å². The lowest BCUT2D eigenvalue weighted by Gasteiger charge is -2.31. The molecular formula is C27H28F2N4O6. The average molecular weight is 543 g/mol. The van der Waals surface area contributed by atoms with E-state index in [0.717, 1.165) is 11.0 Å². The topological polar surface area (TPSA) is 116 Å². The summed E-state index contributed by atoms with van der Waals surface area (Å²) in [6.07, 6.45) is 0.211. The molecule has 206 valence electrons. The number of hydrogen-bond donors (Lipinski definition) is 0. The molecule has 2 heterocycles. The lowest BCUT2D eigenvalue weighted by atomic mass is 10.0. The minimum atomic E-state index is -1.44. The number of aromatic nitrogens is 2. The Morgan fingerprint density at radius 3 is 2.33 bits per heavy atom. The molecule has 0 bridgehead atoms. The number of nitriles is 1. The van der Waals surface area contributed by atoms with Crippen LogP contribution in [0, 0.1) is 11.3 Å². The van der Waals surface area contributed by atoms with E-state index in [4.69, 9.17) is 14.2 Å². The van der Waals surface area contributed by atoms with Crippen LogP contribution < -0.4 is 25.5 Å². The van der Waals surface area contributed by atoms with Crippen molar-refractivity contribution in [1.82, 2.24) is 14.0 Å². The van der Waals surface area contributed by atoms with E-state index in [1.54, 1.807) is 23.1 Å². The van der Waals surface area contributed by atoms with Crippen LogP contribution in [-0.4, -0.2) is 67.2 Å². The smallest absolute Gasteiger partial charge is 0.332 e. The number of amides is 1. The maximum Gasteiger partial charge on any atom is 0.332 e. The Hall–Kier alpha value is -4.40. The van der Waals surface area contributed by atoms with Crippen LogP contribution in [0.15, 0.2) is 39.9 Å². The third kappa shape index (κ3) is 5.43. The highest BCUT2D eigenvalue weighted by Gasteiger charge is 2.26. The summed E-state index contributed by atoms with van der Waals surface area (Å²) in [6.45, 7) is -1.53. The fourth-order valence-electron chi connectivity index (χ4n) is 4.78. The molecule has 0 atom stereocenters. The van der Waals surface area contributed by atoms with Crippen molar-refractivity contribution in [3.8, 4) is 23.3 Å². The molecule has 1 saturated heterocycles. The molecule has 12 heteroatoms. The normalized spacial score (nSPS) is 13.9. The van der Waals surface area contributed by atoms with Crippen LogP contribution in [0.1, 0.15) is 30.0 Å². The summed E-state index contributed by atoms with van der Waals surface area (Å²) in [6, 6.07) is 9.18. The summed E-state index contributed by atoms with van der Waals surface area (Å²) in [7, 11) is 2.96. The molecule has 0 spiro atoms. The number of rotatable bonds is 10. The van der Waals surface area contributed by atoms with Crippen LogP contribution >= 0.6 is 0 Å². The Bertz CT molecular complexity index is 1520. The first-order valence-electron chi connectivity index (χ1n) is 12.3. The number of hydrogen-bond acceptors (Lipinski definition) is 7. The van der Waals surface area contributed by atoms with E-state index < -0.39 is 30.7 Å². The van der Waals surface area contributed by atoms with Crippen molar-refractivity contribution < 1.29 is 27.8 Å². The van der Waals surface area contributed by atoms with E-state index in [-0.39, 0.29) is 34.8 Å². The molecular weight excluding hydrogens is 514 g/mol. The van der Waals surface area contributed by atoms with E-state index in [1.165, 1.54) is 30.9 Å². The lowest BCUT2D eigenvalue weighted by Crippen LogP contribution is -2.44. The molecule has 0 unspecified atom stereocenters. The highest BCUT2D eigenvalue weighted by molar-refractivity contribution is 5.82. The maximum absolute atomic E-state index is 13.9. The number of likely N-dealkylation sites (tertiary alicyclic amines) is 1. The first-order valence-corrected chi connectivity index (χ1v) is 12.3. The third-order valence-electron chi connectivity index (χ3n) is 6.83. The van der Waals surface area contributed by atoms with E-state index in [9.17, 15) is 28.4 Å². The molecule has 0 saturated carbocycles. The zero-order valence-electron chi connectivity index (χ0n) is 21.6. The Balaban J connectivity index is 1.93. The van der Waals surface area contributed by atoms with Crippen molar-refractivity contribution in [3.63, 3.8) is 0 Å². The van der Waals surface area contributed by atoms with Gasteiger partial charge in [0.15, 0.2) is 17.6 Å². The second-order valence-corrected chi connectivity index (χ2v) is 9.13. The number of fused-ring (bicyclic) bond motifs is 1. The molecule has 1 aliphatic heterocycles. The van der Waals surface area contributed by atoms with Crippen LogP contribution in [0.3, 0.4) is 0 Å². The van der Waals surface area contributed by atoms with Gasteiger partial charge in [-0.1, -0.05) is 6.07 Å². The largest absolute Gasteiger partial charge is 0.493 e. The zero-order valence-corrected chi connectivity index (χ0v) is 21.6. The number of ether oxygens (including phenoxy) is 3. The predicted octanol–water partition coefficient (Wildman–Crippen LogP) is 2.58. The van der Waals surface area contributed by atoms with Gasteiger partial charge < -0.3 is 19.1 Å². The number of alkyl halides is 2. The maximum atomic E-state index is 13.9. The monoisotopic (exact) mass is 542 g/mol. The highest BCUT2D eigenvalue weighted by Crippen LogP contribution is 2.30. The van der Waals surface area contributed by atoms with Crippen molar-refractivity contribution >= 4 is 17.3 Å². The molecule has 0 radical (unpaired) electrons. The molecule has 1 aromatic heterocycles. The van der Waals surface area contributed by atoms with Crippen LogP contribution in [0.25, 0.3) is 10.9 Å². The van der Waals surface area contributed by atoms with E-state index in [1.807, 2.05) is 6.07 Å². The standard InChI is InChI=1S/C27H28F2N4O6/c1-37-23-4-3-17(9-25(23)38-2)15-32-26(35)21-11-24(39-20(12-28)13-29)18(14-30)10-22(21)33(27(32)36)19-5-7-31(16-34)8-6-19/h3-4,9-11,16,19-20H,5-8,12-13,15H2,1-2H3. The van der Waals surface area contributed by atoms with Crippen LogP contribution in [0.4, 0.5) is 8.78 Å². The number of nitrogens with zero attached hydrogens (tertiary/aromatic N) is 4. The van der Waals surface area contributed by atoms with Gasteiger partial charge in [0.05, 0.1) is 37.2 Å². The highest BCUT2D eigenvalue weighted by atomic mass is 19.1. The first-order chi connectivity index (χ1) is 18.9. The Morgan fingerprint density at radius 2 is 1.74 bits per heavy atom. The minimum Gasteiger partial charge on any atom is -0.493 e. The quantitative estimate of drug-likeness (QED) is 0.362. The molecule has 1 aliphatic rings. The SMILES string of the molecule is COc1ccc(Cn2c(=O)c3cc(OC(CF)CF)c(C#N)cc3n(C3CCN(C=O)CC3)c2=O)cc1OC. The molecule has 0 aliphatic carbocycles. The third-order valence-corrected chi connectivity index (χ3v) is 6.83. The van der Waals surface area contributed by atoms with E-state index >= 15 is 0 Å². The first kappa shape index (κ1) is 27.6. The Morgan fingerprint density at radius 1 is 1.05 bits per heavy atom. The van der Waals surface area contributed by atoms with Gasteiger partial charge in [0.2, 0.25) is 6.41 Å². The zero-order chi connectivity index (χ0) is 28.1. The molecule has 2 aromatic carbocycles. The van der Waals surface area contributed by atoms with Gasteiger partial charge in [-0.05, 0) is 42.7 Å². The second-order valence-electron chi connectivity index (χ2n) is 9.13. The van der Waals surface area contributed by atoms with Crippen molar-refractivity contribution in [3.05, 3.63) is 62.3 Å². The summed E-state index contributed by atoms with van der Waals surface area (Å²) < 4.78 is 44.9. The number of carbonyl (C=O) groups excluding carboxylic acids is 1. The summed E-state index contributed by atoms with van der Waals surface area (Å²) in [5.41, 5.74) is -0.509. The van der Waals surface area contributed by atoms with E-state index in [2.05, 4.69) is 0 Å². The molecule has 1 amide bonds. The van der Waals surface area contributed by atoms with Gasteiger partial charge in [-0.2, -0.15) is 5.26 Å². The Kier molecular flexibility index (Phi) is 8.49. The molecule has 0 N–H and O–H groups in total. The summed E-state index contributed by atoms with van der Waals surface area (Å²) in [5.74, 6) is 0.747. The number of piperidine rings is 1. The molecule has 39 heavy (non-hydrogen) atoms. The number of carbonyl (C=O) groups is 1. The average Bonchev–Trinajstić information content (AvgIpc) is 2.98. The van der Waals surface area contributed by atoms with Gasteiger partial charge in [0, 0.05) is 19.1 Å². The molecule has 3 aromatic rings. The van der Waals surface area contributed by atoms with Gasteiger partial charge in [-0.3, -0.25) is 18.7 Å². The fraction of sp³-hybridized carbons (Fsp3) is 0.407. The molecule has 10 nitrogen and oxygen atoms in total. The van der Waals surface area contributed by atoms with Crippen LogP contribution in [0.2, 0.25) is 0 Å². The van der Waals surface area contributed by atoms with E-state index in [0.29, 0.717) is 43.0 Å². The van der Waals surface area contributed by atoms with Crippen LogP contribution in [-0.2, 0) is 11.3 Å². The van der Waals surface area contributed by atoms with Crippen LogP contribution in [0.5, 0.6) is 17.2 Å². The van der Waals surface area contributed by atoms with Gasteiger partial charge in [-0.15, -0.1) is 0 Å². The predicted molar refractivity (Wildman–Crippen MR) is 138 cm³/mol. The summed E-state index contributed by atoms with van der Waals surface area (Å²) in [4.78, 5) is 40.4. The van der Waals surface area contributed by atoms with Crippen molar-refractivity contribution in [1.29, 1.82) is 5.26 Å². The molecule has 1 fully saturated rings. The summed E-state index contributed by atoms with van der Waals surface area (Å²) in [5, 5.41) is 9.78. The van der Waals surface area contributed by atoms with Gasteiger partial charge in [0.1, 0.15) is 25.2 Å². The fourth-order valence-corrected chi connectivity index (χ4v) is 4.78. The molecule has 4 rings (SSSR count). The van der Waals surface area contributed by atoms with Gasteiger partial charge in [-0.25, -0.2) is 13.6 Å². The number of methoxy groups -OCH3 is 2. The lowest BCUT2D eigenvalue weighted by molar-refractivity contribution is -0.119. The number of halogens is 2. The minimum absolute atomic E-state index is 0.0540. The summed E-state index contributed by atoms with van der Waals surface area (Å²) >= 11 is 0. The van der Waals surface area contributed by atoms with Gasteiger partial charge >= 0.3 is 5.69 Å². The second kappa shape index (κ2) is 12.0. The Labute approximate surface area is 222 Å². The van der Waals surface area contributed by atoms with Crippen molar-refractivity contribution in [2.45, 2.75) is 31.5 Å². The van der Waals surface area contributed by atoms with Gasteiger partial charge in [0.25, 0.3) is 5.56 Å². The number of benzene rings is 2. The van der Waals surface area contributed by atoms with Crippen molar-refractivity contribution in [2.24, 2.45) is 0 Å².